The monoisotopic (exact) mass is 390 g/mol. The minimum atomic E-state index is -0.494. The van der Waals surface area contributed by atoms with Crippen molar-refractivity contribution in [1.29, 1.82) is 5.26 Å². The van der Waals surface area contributed by atoms with Gasteiger partial charge in [-0.3, -0.25) is 4.90 Å². The second-order valence-corrected chi connectivity index (χ2v) is 7.64. The topological polar surface area (TPSA) is 27.0 Å². The molecule has 0 N–H and O–H groups in total. The molecular weight excluding hydrogens is 364 g/mol. The smallest absolute Gasteiger partial charge is 0.0978 e. The van der Waals surface area contributed by atoms with E-state index in [1.807, 2.05) is 6.08 Å². The predicted molar refractivity (Wildman–Crippen MR) is 123 cm³/mol. The van der Waals surface area contributed by atoms with Crippen LogP contribution in [0.15, 0.2) is 116 Å². The van der Waals surface area contributed by atoms with Gasteiger partial charge in [-0.1, -0.05) is 116 Å². The molecule has 2 atom stereocenters. The molecule has 3 aromatic carbocycles. The third-order valence-corrected chi connectivity index (χ3v) is 6.07. The molecule has 0 saturated carbocycles. The molecule has 0 bridgehead atoms. The summed E-state index contributed by atoms with van der Waals surface area (Å²) in [6.07, 6.45) is 6.74. The van der Waals surface area contributed by atoms with Crippen molar-refractivity contribution >= 4 is 0 Å². The van der Waals surface area contributed by atoms with Gasteiger partial charge in [-0.05, 0) is 23.1 Å². The van der Waals surface area contributed by atoms with Gasteiger partial charge in [-0.25, -0.2) is 0 Å². The average molecular weight is 391 g/mol. The maximum Gasteiger partial charge on any atom is 0.0978 e. The SMILES string of the molecule is C=C/C=C/[C@H]1[C@@H](C#N)CCN1C(c1ccccc1)(c1ccccc1)c1ccccc1. The molecule has 1 fully saturated rings. The number of hydrogen-bond donors (Lipinski definition) is 0. The molecule has 0 aliphatic carbocycles. The van der Waals surface area contributed by atoms with Gasteiger partial charge in [-0.2, -0.15) is 5.26 Å². The summed E-state index contributed by atoms with van der Waals surface area (Å²) < 4.78 is 0. The highest BCUT2D eigenvalue weighted by molar-refractivity contribution is 5.50. The highest BCUT2D eigenvalue weighted by atomic mass is 15.3. The van der Waals surface area contributed by atoms with E-state index >= 15 is 0 Å². The number of nitriles is 1. The van der Waals surface area contributed by atoms with Crippen molar-refractivity contribution in [1.82, 2.24) is 4.90 Å². The fourth-order valence-electron chi connectivity index (χ4n) is 4.81. The van der Waals surface area contributed by atoms with Gasteiger partial charge in [0.15, 0.2) is 0 Å². The number of hydrogen-bond acceptors (Lipinski definition) is 2. The Morgan fingerprint density at radius 3 is 1.70 bits per heavy atom. The number of likely N-dealkylation sites (tertiary alicyclic amines) is 1. The van der Waals surface area contributed by atoms with Crippen molar-refractivity contribution in [2.45, 2.75) is 18.0 Å². The van der Waals surface area contributed by atoms with Gasteiger partial charge < -0.3 is 0 Å². The van der Waals surface area contributed by atoms with Crippen molar-refractivity contribution in [3.63, 3.8) is 0 Å². The van der Waals surface area contributed by atoms with Crippen molar-refractivity contribution in [2.24, 2.45) is 5.92 Å². The molecule has 0 unspecified atom stereocenters. The van der Waals surface area contributed by atoms with Crippen LogP contribution < -0.4 is 0 Å². The van der Waals surface area contributed by atoms with Crippen molar-refractivity contribution in [2.75, 3.05) is 6.54 Å². The minimum Gasteiger partial charge on any atom is -0.278 e. The Morgan fingerprint density at radius 1 is 0.833 bits per heavy atom. The zero-order valence-corrected chi connectivity index (χ0v) is 17.1. The standard InChI is InChI=1S/C28H26N2/c1-2-3-19-27-23(22-29)20-21-30(27)28(24-13-7-4-8-14-24,25-15-9-5-10-16-25)26-17-11-6-12-18-26/h2-19,23,27H,1,20-21H2/b19-3+/t23-,27+/m1/s1. The van der Waals surface area contributed by atoms with E-state index in [1.54, 1.807) is 6.08 Å². The lowest BCUT2D eigenvalue weighted by Gasteiger charge is -2.46. The number of allylic oxidation sites excluding steroid dienone is 2. The molecule has 0 spiro atoms. The van der Waals surface area contributed by atoms with E-state index < -0.39 is 5.54 Å². The Kier molecular flexibility index (Phi) is 5.93. The van der Waals surface area contributed by atoms with E-state index in [4.69, 9.17) is 0 Å². The average Bonchev–Trinajstić information content (AvgIpc) is 3.23. The summed E-state index contributed by atoms with van der Waals surface area (Å²) in [5, 5.41) is 9.89. The summed E-state index contributed by atoms with van der Waals surface area (Å²) in [5.41, 5.74) is 3.12. The molecule has 4 rings (SSSR count). The van der Waals surface area contributed by atoms with E-state index in [9.17, 15) is 5.26 Å². The van der Waals surface area contributed by atoms with Crippen LogP contribution in [-0.4, -0.2) is 17.5 Å². The number of nitrogens with zero attached hydrogens (tertiary/aromatic N) is 2. The predicted octanol–water partition coefficient (Wildman–Crippen LogP) is 5.93. The van der Waals surface area contributed by atoms with Gasteiger partial charge >= 0.3 is 0 Å². The molecule has 0 radical (unpaired) electrons. The fraction of sp³-hybridized carbons (Fsp3) is 0.179. The second-order valence-electron chi connectivity index (χ2n) is 7.64. The lowest BCUT2D eigenvalue weighted by Crippen LogP contribution is -2.50. The molecule has 1 aliphatic heterocycles. The molecule has 30 heavy (non-hydrogen) atoms. The Hall–Kier alpha value is -3.41. The lowest BCUT2D eigenvalue weighted by atomic mass is 9.75. The Labute approximate surface area is 179 Å². The molecule has 2 nitrogen and oxygen atoms in total. The Balaban J connectivity index is 2.04. The highest BCUT2D eigenvalue weighted by Crippen LogP contribution is 2.47. The van der Waals surface area contributed by atoms with E-state index in [-0.39, 0.29) is 12.0 Å². The van der Waals surface area contributed by atoms with Crippen molar-refractivity contribution in [3.8, 4) is 6.07 Å². The largest absolute Gasteiger partial charge is 0.278 e. The van der Waals surface area contributed by atoms with Gasteiger partial charge in [0.05, 0.1) is 17.5 Å². The summed E-state index contributed by atoms with van der Waals surface area (Å²) in [4.78, 5) is 2.50. The first-order valence-corrected chi connectivity index (χ1v) is 10.4. The van der Waals surface area contributed by atoms with E-state index in [1.165, 1.54) is 16.7 Å². The van der Waals surface area contributed by atoms with Crippen LogP contribution >= 0.6 is 0 Å². The van der Waals surface area contributed by atoms with Gasteiger partial charge in [-0.15, -0.1) is 0 Å². The molecule has 2 heteroatoms. The van der Waals surface area contributed by atoms with Crippen LogP contribution in [0.25, 0.3) is 0 Å². The Bertz CT molecular complexity index is 936. The number of rotatable bonds is 6. The van der Waals surface area contributed by atoms with Crippen molar-refractivity contribution in [3.05, 3.63) is 132 Å². The maximum atomic E-state index is 9.89. The molecule has 3 aromatic rings. The summed E-state index contributed by atoms with van der Waals surface area (Å²) >= 11 is 0. The van der Waals surface area contributed by atoms with Crippen LogP contribution in [0.3, 0.4) is 0 Å². The second kappa shape index (κ2) is 8.95. The highest BCUT2D eigenvalue weighted by Gasteiger charge is 2.49. The third kappa shape index (κ3) is 3.38. The van der Waals surface area contributed by atoms with Crippen LogP contribution in [0.2, 0.25) is 0 Å². The normalized spacial score (nSPS) is 19.6. The first-order valence-electron chi connectivity index (χ1n) is 10.4. The van der Waals surface area contributed by atoms with Gasteiger partial charge in [0, 0.05) is 12.6 Å². The molecule has 1 aliphatic rings. The van der Waals surface area contributed by atoms with Crippen LogP contribution in [-0.2, 0) is 5.54 Å². The van der Waals surface area contributed by atoms with E-state index in [0.717, 1.165) is 13.0 Å². The van der Waals surface area contributed by atoms with Crippen molar-refractivity contribution < 1.29 is 0 Å². The maximum absolute atomic E-state index is 9.89. The van der Waals surface area contributed by atoms with Crippen LogP contribution in [0, 0.1) is 17.2 Å². The molecule has 1 saturated heterocycles. The Morgan fingerprint density at radius 2 is 1.30 bits per heavy atom. The summed E-state index contributed by atoms with van der Waals surface area (Å²) in [6.45, 7) is 4.68. The quantitative estimate of drug-likeness (QED) is 0.385. The molecule has 0 amide bonds. The van der Waals surface area contributed by atoms with Crippen LogP contribution in [0.4, 0.5) is 0 Å². The summed E-state index contributed by atoms with van der Waals surface area (Å²) in [6, 6.07) is 34.5. The first kappa shape index (κ1) is 19.9. The van der Waals surface area contributed by atoms with E-state index in [0.29, 0.717) is 0 Å². The molecule has 1 heterocycles. The summed E-state index contributed by atoms with van der Waals surface area (Å²) in [7, 11) is 0. The van der Waals surface area contributed by atoms with Gasteiger partial charge in [0.2, 0.25) is 0 Å². The van der Waals surface area contributed by atoms with Crippen LogP contribution in [0.5, 0.6) is 0 Å². The third-order valence-electron chi connectivity index (χ3n) is 6.07. The van der Waals surface area contributed by atoms with Crippen LogP contribution in [0.1, 0.15) is 23.1 Å². The molecule has 148 valence electrons. The number of benzene rings is 3. The van der Waals surface area contributed by atoms with E-state index in [2.05, 4.69) is 115 Å². The zero-order chi connectivity index (χ0) is 20.8. The fourth-order valence-corrected chi connectivity index (χ4v) is 4.81. The molecule has 0 aromatic heterocycles. The molecular formula is C28H26N2. The zero-order valence-electron chi connectivity index (χ0n) is 17.1. The van der Waals surface area contributed by atoms with Gasteiger partial charge in [0.25, 0.3) is 0 Å². The first-order chi connectivity index (χ1) is 14.8. The lowest BCUT2D eigenvalue weighted by molar-refractivity contribution is 0.158. The summed E-state index contributed by atoms with van der Waals surface area (Å²) in [5.74, 6) is -0.0586. The van der Waals surface area contributed by atoms with Gasteiger partial charge in [0.1, 0.15) is 0 Å². The minimum absolute atomic E-state index is 0.00591.